The molecule has 0 amide bonds. The zero-order valence-corrected chi connectivity index (χ0v) is 11.2. The molecule has 3 rings (SSSR count). The van der Waals surface area contributed by atoms with Crippen LogP contribution in [0.4, 0.5) is 0 Å². The summed E-state index contributed by atoms with van der Waals surface area (Å²) >= 11 is 0. The van der Waals surface area contributed by atoms with E-state index in [9.17, 15) is 0 Å². The highest BCUT2D eigenvalue weighted by Gasteiger charge is 2.43. The van der Waals surface area contributed by atoms with Gasteiger partial charge in [-0.05, 0) is 25.0 Å². The van der Waals surface area contributed by atoms with Gasteiger partial charge in [0.2, 0.25) is 0 Å². The molecule has 2 heterocycles. The highest BCUT2D eigenvalue weighted by molar-refractivity contribution is 5.02. The molecule has 1 aliphatic heterocycles. The first-order valence-electron chi connectivity index (χ1n) is 6.99. The van der Waals surface area contributed by atoms with Gasteiger partial charge in [0.1, 0.15) is 5.76 Å². The monoisotopic (exact) mass is 263 g/mol. The van der Waals surface area contributed by atoms with Crippen molar-refractivity contribution in [3.63, 3.8) is 0 Å². The Labute approximate surface area is 114 Å². The van der Waals surface area contributed by atoms with Gasteiger partial charge in [0.15, 0.2) is 0 Å². The first-order valence-corrected chi connectivity index (χ1v) is 6.99. The van der Waals surface area contributed by atoms with E-state index in [0.29, 0.717) is 12.6 Å². The molecular weight excluding hydrogens is 242 g/mol. The van der Waals surface area contributed by atoms with Crippen LogP contribution in [0.25, 0.3) is 0 Å². The maximum absolute atomic E-state index is 5.93. The number of hydrogen-bond donors (Lipinski definition) is 0. The Morgan fingerprint density at radius 1 is 1.47 bits per heavy atom. The standard InChI is InChI=1S/C15H21NO3/c1-2-8-18-14-6-5-13-15(14)19-10-7-16(13)11-12-4-3-9-17-12/h2-4,9,13-15H,1,5-8,10-11H2/t13-,14-,15+/m0/s1. The van der Waals surface area contributed by atoms with Crippen molar-refractivity contribution in [1.82, 2.24) is 4.90 Å². The maximum Gasteiger partial charge on any atom is 0.117 e. The van der Waals surface area contributed by atoms with Crippen LogP contribution in [0.3, 0.4) is 0 Å². The number of rotatable bonds is 5. The van der Waals surface area contributed by atoms with Crippen LogP contribution in [0.15, 0.2) is 35.5 Å². The third-order valence-corrected chi connectivity index (χ3v) is 4.02. The van der Waals surface area contributed by atoms with Gasteiger partial charge in [-0.15, -0.1) is 6.58 Å². The van der Waals surface area contributed by atoms with Crippen molar-refractivity contribution in [3.8, 4) is 0 Å². The summed E-state index contributed by atoms with van der Waals surface area (Å²) in [5.74, 6) is 1.02. The second kappa shape index (κ2) is 5.90. The Balaban J connectivity index is 1.63. The number of furan rings is 1. The molecule has 3 atom stereocenters. The van der Waals surface area contributed by atoms with Crippen molar-refractivity contribution < 1.29 is 13.9 Å². The molecular formula is C15H21NO3. The molecule has 0 N–H and O–H groups in total. The summed E-state index contributed by atoms with van der Waals surface area (Å²) < 4.78 is 17.2. The summed E-state index contributed by atoms with van der Waals surface area (Å²) in [6.45, 7) is 6.92. The summed E-state index contributed by atoms with van der Waals surface area (Å²) in [5, 5.41) is 0. The van der Waals surface area contributed by atoms with E-state index in [0.717, 1.165) is 38.3 Å². The summed E-state index contributed by atoms with van der Waals surface area (Å²) in [5.41, 5.74) is 0. The number of fused-ring (bicyclic) bond motifs is 1. The van der Waals surface area contributed by atoms with Crippen LogP contribution in [-0.4, -0.2) is 42.9 Å². The van der Waals surface area contributed by atoms with E-state index in [-0.39, 0.29) is 12.2 Å². The second-order valence-electron chi connectivity index (χ2n) is 5.19. The van der Waals surface area contributed by atoms with E-state index >= 15 is 0 Å². The molecule has 2 fully saturated rings. The Morgan fingerprint density at radius 2 is 2.42 bits per heavy atom. The Hall–Kier alpha value is -1.10. The predicted octanol–water partition coefficient (Wildman–Crippen LogP) is 2.21. The minimum absolute atomic E-state index is 0.198. The van der Waals surface area contributed by atoms with Gasteiger partial charge in [-0.3, -0.25) is 4.90 Å². The lowest BCUT2D eigenvalue weighted by Gasteiger charge is -2.38. The van der Waals surface area contributed by atoms with Crippen LogP contribution >= 0.6 is 0 Å². The zero-order valence-electron chi connectivity index (χ0n) is 11.2. The first-order chi connectivity index (χ1) is 9.38. The lowest BCUT2D eigenvalue weighted by Crippen LogP contribution is -2.51. The molecule has 1 aromatic rings. The molecule has 1 aromatic heterocycles. The van der Waals surface area contributed by atoms with E-state index in [1.165, 1.54) is 0 Å². The van der Waals surface area contributed by atoms with Gasteiger partial charge in [-0.25, -0.2) is 0 Å². The van der Waals surface area contributed by atoms with Gasteiger partial charge in [0, 0.05) is 12.6 Å². The van der Waals surface area contributed by atoms with Gasteiger partial charge < -0.3 is 13.9 Å². The van der Waals surface area contributed by atoms with Crippen molar-refractivity contribution in [2.75, 3.05) is 19.8 Å². The molecule has 0 radical (unpaired) electrons. The van der Waals surface area contributed by atoms with Gasteiger partial charge in [-0.2, -0.15) is 0 Å². The second-order valence-corrected chi connectivity index (χ2v) is 5.19. The Morgan fingerprint density at radius 3 is 3.21 bits per heavy atom. The molecule has 1 saturated carbocycles. The number of nitrogens with zero attached hydrogens (tertiary/aromatic N) is 1. The van der Waals surface area contributed by atoms with E-state index < -0.39 is 0 Å². The topological polar surface area (TPSA) is 34.8 Å². The molecule has 1 aliphatic carbocycles. The van der Waals surface area contributed by atoms with Crippen LogP contribution in [0.1, 0.15) is 18.6 Å². The molecule has 0 spiro atoms. The lowest BCUT2D eigenvalue weighted by atomic mass is 10.1. The van der Waals surface area contributed by atoms with Gasteiger partial charge >= 0.3 is 0 Å². The lowest BCUT2D eigenvalue weighted by molar-refractivity contribution is -0.112. The van der Waals surface area contributed by atoms with E-state index in [2.05, 4.69) is 11.5 Å². The highest BCUT2D eigenvalue weighted by Crippen LogP contribution is 2.32. The average Bonchev–Trinajstić information content (AvgIpc) is 3.06. The molecule has 104 valence electrons. The number of morpholine rings is 1. The molecule has 4 heteroatoms. The van der Waals surface area contributed by atoms with Crippen LogP contribution < -0.4 is 0 Å². The van der Waals surface area contributed by atoms with Crippen molar-refractivity contribution in [3.05, 3.63) is 36.8 Å². The normalized spacial score (nSPS) is 31.3. The summed E-state index contributed by atoms with van der Waals surface area (Å²) in [6, 6.07) is 4.43. The highest BCUT2D eigenvalue weighted by atomic mass is 16.5. The van der Waals surface area contributed by atoms with Crippen LogP contribution in [0.2, 0.25) is 0 Å². The first kappa shape index (κ1) is 12.9. The minimum atomic E-state index is 0.198. The van der Waals surface area contributed by atoms with E-state index in [1.54, 1.807) is 12.3 Å². The average molecular weight is 263 g/mol. The third kappa shape index (κ3) is 2.76. The summed E-state index contributed by atoms with van der Waals surface area (Å²) in [6.07, 6.45) is 6.14. The molecule has 0 aromatic carbocycles. The predicted molar refractivity (Wildman–Crippen MR) is 71.8 cm³/mol. The fraction of sp³-hybridized carbons (Fsp3) is 0.600. The van der Waals surface area contributed by atoms with Crippen LogP contribution in [0.5, 0.6) is 0 Å². The summed E-state index contributed by atoms with van der Waals surface area (Å²) in [4.78, 5) is 2.46. The van der Waals surface area contributed by atoms with Crippen molar-refractivity contribution in [2.24, 2.45) is 0 Å². The largest absolute Gasteiger partial charge is 0.468 e. The zero-order chi connectivity index (χ0) is 13.1. The summed E-state index contributed by atoms with van der Waals surface area (Å²) in [7, 11) is 0. The van der Waals surface area contributed by atoms with Gasteiger partial charge in [0.25, 0.3) is 0 Å². The molecule has 0 unspecified atom stereocenters. The van der Waals surface area contributed by atoms with Crippen molar-refractivity contribution in [2.45, 2.75) is 37.6 Å². The molecule has 19 heavy (non-hydrogen) atoms. The number of hydrogen-bond acceptors (Lipinski definition) is 4. The van der Waals surface area contributed by atoms with Crippen LogP contribution in [0, 0.1) is 0 Å². The minimum Gasteiger partial charge on any atom is -0.468 e. The Bertz CT molecular complexity index is 404. The van der Waals surface area contributed by atoms with Gasteiger partial charge in [-0.1, -0.05) is 6.08 Å². The molecule has 2 aliphatic rings. The SMILES string of the molecule is C=CCO[C@H]1CC[C@H]2[C@H]1OCCN2Cc1ccco1. The smallest absolute Gasteiger partial charge is 0.117 e. The molecule has 1 saturated heterocycles. The number of ether oxygens (including phenoxy) is 2. The maximum atomic E-state index is 5.93. The van der Waals surface area contributed by atoms with Crippen molar-refractivity contribution >= 4 is 0 Å². The fourth-order valence-corrected chi connectivity index (χ4v) is 3.16. The molecule has 4 nitrogen and oxygen atoms in total. The molecule has 0 bridgehead atoms. The quantitative estimate of drug-likeness (QED) is 0.763. The van der Waals surface area contributed by atoms with Gasteiger partial charge in [0.05, 0.1) is 38.2 Å². The van der Waals surface area contributed by atoms with E-state index in [1.807, 2.05) is 12.1 Å². The fourth-order valence-electron chi connectivity index (χ4n) is 3.16. The Kier molecular flexibility index (Phi) is 4.01. The van der Waals surface area contributed by atoms with Crippen molar-refractivity contribution in [1.29, 1.82) is 0 Å². The van der Waals surface area contributed by atoms with Crippen LogP contribution in [-0.2, 0) is 16.0 Å². The third-order valence-electron chi connectivity index (χ3n) is 4.02. The van der Waals surface area contributed by atoms with E-state index in [4.69, 9.17) is 13.9 Å².